The number of benzene rings is 1. The van der Waals surface area contributed by atoms with Gasteiger partial charge in [0.15, 0.2) is 0 Å². The minimum Gasteiger partial charge on any atom is -0.487 e. The van der Waals surface area contributed by atoms with Gasteiger partial charge in [-0.1, -0.05) is 18.2 Å². The van der Waals surface area contributed by atoms with Gasteiger partial charge in [-0.25, -0.2) is 9.79 Å². The quantitative estimate of drug-likeness (QED) is 0.563. The van der Waals surface area contributed by atoms with E-state index in [0.29, 0.717) is 6.54 Å². The van der Waals surface area contributed by atoms with E-state index in [9.17, 15) is 4.79 Å². The number of aliphatic imine (C=N–C) groups is 1. The van der Waals surface area contributed by atoms with Gasteiger partial charge < -0.3 is 4.74 Å². The van der Waals surface area contributed by atoms with Gasteiger partial charge in [-0.15, -0.1) is 0 Å². The number of rotatable bonds is 4. The summed E-state index contributed by atoms with van der Waals surface area (Å²) >= 11 is 0. The van der Waals surface area contributed by atoms with Gasteiger partial charge in [-0.05, 0) is 13.1 Å². The van der Waals surface area contributed by atoms with Crippen LogP contribution in [0.5, 0.6) is 5.75 Å². The molecule has 0 N–H and O–H groups in total. The van der Waals surface area contributed by atoms with Crippen molar-refractivity contribution in [2.75, 3.05) is 20.1 Å². The molecule has 1 aliphatic rings. The second-order valence-electron chi connectivity index (χ2n) is 3.98. The van der Waals surface area contributed by atoms with Gasteiger partial charge in [-0.2, -0.15) is 0 Å². The Morgan fingerprint density at radius 3 is 2.94 bits per heavy atom. The Balaban J connectivity index is 2.04. The highest BCUT2D eigenvalue weighted by Gasteiger charge is 2.25. The Kier molecular flexibility index (Phi) is 3.34. The molecule has 0 radical (unpaired) electrons. The molecule has 0 saturated carbocycles. The van der Waals surface area contributed by atoms with Crippen molar-refractivity contribution in [2.45, 2.75) is 12.6 Å². The molecule has 0 aliphatic carbocycles. The maximum atomic E-state index is 10.1. The van der Waals surface area contributed by atoms with Crippen LogP contribution in [0.15, 0.2) is 29.3 Å². The summed E-state index contributed by atoms with van der Waals surface area (Å²) in [5.41, 5.74) is 0.931. The zero-order valence-electron chi connectivity index (χ0n) is 9.22. The van der Waals surface area contributed by atoms with Gasteiger partial charge in [0.25, 0.3) is 0 Å². The molecule has 1 aromatic carbocycles. The molecule has 0 aromatic heterocycles. The summed E-state index contributed by atoms with van der Waals surface area (Å²) in [6, 6.07) is 7.66. The average molecular weight is 218 g/mol. The molecule has 0 unspecified atom stereocenters. The van der Waals surface area contributed by atoms with E-state index < -0.39 is 0 Å². The van der Waals surface area contributed by atoms with Crippen LogP contribution in [0.1, 0.15) is 5.56 Å². The van der Waals surface area contributed by atoms with Crippen molar-refractivity contribution in [1.29, 1.82) is 0 Å². The topological polar surface area (TPSA) is 41.9 Å². The lowest BCUT2D eigenvalue weighted by Crippen LogP contribution is -2.51. The van der Waals surface area contributed by atoms with Crippen LogP contribution < -0.4 is 4.74 Å². The summed E-state index contributed by atoms with van der Waals surface area (Å²) in [6.45, 7) is 2.23. The van der Waals surface area contributed by atoms with Gasteiger partial charge in [-0.3, -0.25) is 4.90 Å². The molecule has 1 fully saturated rings. The monoisotopic (exact) mass is 218 g/mol. The highest BCUT2D eigenvalue weighted by atomic mass is 16.5. The van der Waals surface area contributed by atoms with E-state index in [4.69, 9.17) is 4.74 Å². The second-order valence-corrected chi connectivity index (χ2v) is 3.98. The van der Waals surface area contributed by atoms with Crippen LogP contribution in [0.3, 0.4) is 0 Å². The first kappa shape index (κ1) is 10.9. The Bertz CT molecular complexity index is 407. The lowest BCUT2D eigenvalue weighted by molar-refractivity contribution is 0.0382. The van der Waals surface area contributed by atoms with Crippen LogP contribution in [0.2, 0.25) is 0 Å². The number of hydrogen-bond donors (Lipinski definition) is 0. The molecule has 0 amide bonds. The smallest absolute Gasteiger partial charge is 0.235 e. The van der Waals surface area contributed by atoms with E-state index in [1.807, 2.05) is 24.3 Å². The molecule has 0 bridgehead atoms. The van der Waals surface area contributed by atoms with E-state index in [2.05, 4.69) is 16.9 Å². The number of nitrogens with zero attached hydrogens (tertiary/aromatic N) is 2. The number of likely N-dealkylation sites (tertiary alicyclic amines) is 1. The second kappa shape index (κ2) is 4.92. The largest absolute Gasteiger partial charge is 0.487 e. The molecule has 4 nitrogen and oxygen atoms in total. The average Bonchev–Trinajstić information content (AvgIpc) is 2.26. The van der Waals surface area contributed by atoms with Crippen LogP contribution in [0.4, 0.5) is 0 Å². The van der Waals surface area contributed by atoms with E-state index >= 15 is 0 Å². The predicted octanol–water partition coefficient (Wildman–Crippen LogP) is 1.22. The Morgan fingerprint density at radius 2 is 2.25 bits per heavy atom. The number of isocyanates is 1. The summed E-state index contributed by atoms with van der Waals surface area (Å²) in [5, 5.41) is 0. The van der Waals surface area contributed by atoms with Gasteiger partial charge in [0.1, 0.15) is 11.9 Å². The summed E-state index contributed by atoms with van der Waals surface area (Å²) in [4.78, 5) is 15.8. The van der Waals surface area contributed by atoms with Crippen LogP contribution in [0.25, 0.3) is 0 Å². The molecule has 84 valence electrons. The van der Waals surface area contributed by atoms with Crippen molar-refractivity contribution in [3.05, 3.63) is 29.8 Å². The van der Waals surface area contributed by atoms with Crippen molar-refractivity contribution >= 4 is 6.08 Å². The van der Waals surface area contributed by atoms with Crippen LogP contribution in [0, 0.1) is 0 Å². The standard InChI is InChI=1S/C12H14N2O2/c1-14-7-11(8-14)16-12-5-3-2-4-10(12)6-13-9-15/h2-5,11H,6-8H2,1H3. The van der Waals surface area contributed by atoms with E-state index in [0.717, 1.165) is 24.4 Å². The first-order chi connectivity index (χ1) is 7.79. The molecule has 16 heavy (non-hydrogen) atoms. The molecular weight excluding hydrogens is 204 g/mol. The summed E-state index contributed by atoms with van der Waals surface area (Å²) in [6.07, 6.45) is 1.80. The summed E-state index contributed by atoms with van der Waals surface area (Å²) < 4.78 is 5.82. The highest BCUT2D eigenvalue weighted by Crippen LogP contribution is 2.22. The van der Waals surface area contributed by atoms with E-state index in [1.54, 1.807) is 6.08 Å². The third-order valence-electron chi connectivity index (χ3n) is 2.61. The van der Waals surface area contributed by atoms with Crippen LogP contribution >= 0.6 is 0 Å². The summed E-state index contributed by atoms with van der Waals surface area (Å²) in [5.74, 6) is 0.819. The molecule has 0 atom stereocenters. The molecule has 1 saturated heterocycles. The zero-order chi connectivity index (χ0) is 11.4. The molecule has 2 rings (SSSR count). The van der Waals surface area contributed by atoms with Gasteiger partial charge in [0.05, 0.1) is 6.54 Å². The highest BCUT2D eigenvalue weighted by molar-refractivity contribution is 5.37. The van der Waals surface area contributed by atoms with Crippen molar-refractivity contribution < 1.29 is 9.53 Å². The predicted molar refractivity (Wildman–Crippen MR) is 60.2 cm³/mol. The third-order valence-corrected chi connectivity index (χ3v) is 2.61. The Labute approximate surface area is 94.5 Å². The minimum absolute atomic E-state index is 0.256. The fourth-order valence-electron chi connectivity index (χ4n) is 1.76. The molecule has 1 aromatic rings. The Morgan fingerprint density at radius 1 is 1.50 bits per heavy atom. The first-order valence-corrected chi connectivity index (χ1v) is 5.26. The summed E-state index contributed by atoms with van der Waals surface area (Å²) in [7, 11) is 2.06. The van der Waals surface area contributed by atoms with Crippen molar-refractivity contribution in [1.82, 2.24) is 4.90 Å². The normalized spacial score (nSPS) is 16.3. The maximum Gasteiger partial charge on any atom is 0.235 e. The lowest BCUT2D eigenvalue weighted by Gasteiger charge is -2.36. The van der Waals surface area contributed by atoms with Crippen LogP contribution in [-0.2, 0) is 11.3 Å². The first-order valence-electron chi connectivity index (χ1n) is 5.26. The lowest BCUT2D eigenvalue weighted by atomic mass is 10.1. The molecular formula is C12H14N2O2. The SMILES string of the molecule is CN1CC(Oc2ccccc2CN=C=O)C1. The molecule has 0 spiro atoms. The van der Waals surface area contributed by atoms with E-state index in [-0.39, 0.29) is 6.10 Å². The maximum absolute atomic E-state index is 10.1. The molecule has 4 heteroatoms. The van der Waals surface area contributed by atoms with Gasteiger partial charge >= 0.3 is 0 Å². The number of hydrogen-bond acceptors (Lipinski definition) is 4. The number of para-hydroxylation sites is 1. The molecule has 1 heterocycles. The van der Waals surface area contributed by atoms with Crippen molar-refractivity contribution in [3.63, 3.8) is 0 Å². The van der Waals surface area contributed by atoms with Gasteiger partial charge in [0.2, 0.25) is 6.08 Å². The van der Waals surface area contributed by atoms with Crippen molar-refractivity contribution in [2.24, 2.45) is 4.99 Å². The number of ether oxygens (including phenoxy) is 1. The fraction of sp³-hybridized carbons (Fsp3) is 0.417. The Hall–Kier alpha value is -1.64. The van der Waals surface area contributed by atoms with E-state index in [1.165, 1.54) is 0 Å². The zero-order valence-corrected chi connectivity index (χ0v) is 9.22. The third kappa shape index (κ3) is 2.48. The number of carbonyl (C=O) groups excluding carboxylic acids is 1. The minimum atomic E-state index is 0.256. The fourth-order valence-corrected chi connectivity index (χ4v) is 1.76. The van der Waals surface area contributed by atoms with Gasteiger partial charge in [0, 0.05) is 18.7 Å². The van der Waals surface area contributed by atoms with Crippen molar-refractivity contribution in [3.8, 4) is 5.75 Å². The number of likely N-dealkylation sites (N-methyl/N-ethyl adjacent to an activating group) is 1. The molecule has 1 aliphatic heterocycles. The van der Waals surface area contributed by atoms with Crippen LogP contribution in [-0.4, -0.2) is 37.2 Å².